The number of H-pyrrole nitrogens is 1. The summed E-state index contributed by atoms with van der Waals surface area (Å²) in [5.41, 5.74) is 2.47. The molecule has 2 N–H and O–H groups in total. The van der Waals surface area contributed by atoms with Gasteiger partial charge in [-0.2, -0.15) is 5.10 Å². The first kappa shape index (κ1) is 21.4. The Morgan fingerprint density at radius 1 is 0.938 bits per heavy atom. The van der Waals surface area contributed by atoms with Crippen LogP contribution in [0.1, 0.15) is 11.3 Å². The van der Waals surface area contributed by atoms with Crippen molar-refractivity contribution in [2.75, 3.05) is 26.1 Å². The van der Waals surface area contributed by atoms with E-state index in [1.807, 2.05) is 30.3 Å². The monoisotopic (exact) mass is 454 g/mol. The highest BCUT2D eigenvalue weighted by Crippen LogP contribution is 2.37. The second-order valence-corrected chi connectivity index (χ2v) is 8.51. The lowest BCUT2D eigenvalue weighted by Crippen LogP contribution is -2.16. The maximum atomic E-state index is 13.2. The second-order valence-electron chi connectivity index (χ2n) is 6.89. The van der Waals surface area contributed by atoms with E-state index in [-0.39, 0.29) is 22.2 Å². The van der Waals surface area contributed by atoms with Gasteiger partial charge in [-0.25, -0.2) is 8.42 Å². The summed E-state index contributed by atoms with van der Waals surface area (Å²) >= 11 is 0. The molecule has 0 saturated carbocycles. The maximum absolute atomic E-state index is 13.2. The summed E-state index contributed by atoms with van der Waals surface area (Å²) in [6.45, 7) is 0. The third kappa shape index (κ3) is 4.04. The van der Waals surface area contributed by atoms with Crippen molar-refractivity contribution in [2.24, 2.45) is 0 Å². The number of nitrogens with zero attached hydrogens (tertiary/aromatic N) is 2. The van der Waals surface area contributed by atoms with Gasteiger partial charge >= 0.3 is 0 Å². The summed E-state index contributed by atoms with van der Waals surface area (Å²) in [6, 6.07) is 14.2. The van der Waals surface area contributed by atoms with Crippen molar-refractivity contribution in [1.82, 2.24) is 15.2 Å². The highest BCUT2D eigenvalue weighted by Gasteiger charge is 2.27. The Morgan fingerprint density at radius 2 is 1.66 bits per heavy atom. The molecule has 0 unspecified atom stereocenters. The first-order valence-corrected chi connectivity index (χ1v) is 11.1. The zero-order chi connectivity index (χ0) is 22.7. The number of ether oxygens (including phenoxy) is 3. The van der Waals surface area contributed by atoms with Crippen LogP contribution in [0.25, 0.3) is 10.9 Å². The first-order chi connectivity index (χ1) is 15.5. The summed E-state index contributed by atoms with van der Waals surface area (Å²) in [4.78, 5) is 4.23. The molecule has 0 aliphatic rings. The molecule has 10 heteroatoms. The fourth-order valence-corrected chi connectivity index (χ4v) is 4.82. The standard InChI is InChI=1S/C22H22N4O5S/c1-29-17-8-6-9-18(30-2)21(17)32(27,28)26-22-20-16(24-25-22)12-14(13-19(20)31-3)11-15-7-4-5-10-23-15/h4-10,12-13H,11H2,1-3H3,(H2,24,25,26). The fourth-order valence-electron chi connectivity index (χ4n) is 3.49. The van der Waals surface area contributed by atoms with Gasteiger partial charge in [-0.1, -0.05) is 12.1 Å². The number of nitrogens with one attached hydrogen (secondary N) is 2. The molecular formula is C22H22N4O5S. The summed E-state index contributed by atoms with van der Waals surface area (Å²) in [6.07, 6.45) is 2.33. The van der Waals surface area contributed by atoms with Gasteiger partial charge in [0.2, 0.25) is 0 Å². The molecule has 0 amide bonds. The van der Waals surface area contributed by atoms with Crippen LogP contribution in [0.3, 0.4) is 0 Å². The summed E-state index contributed by atoms with van der Waals surface area (Å²) in [5.74, 6) is 0.892. The van der Waals surface area contributed by atoms with Crippen molar-refractivity contribution in [3.63, 3.8) is 0 Å². The number of methoxy groups -OCH3 is 3. The third-order valence-electron chi connectivity index (χ3n) is 4.90. The Bertz CT molecular complexity index is 1330. The molecule has 0 fully saturated rings. The predicted octanol–water partition coefficient (Wildman–Crippen LogP) is 3.38. The highest BCUT2D eigenvalue weighted by atomic mass is 32.2. The van der Waals surface area contributed by atoms with E-state index in [4.69, 9.17) is 14.2 Å². The van der Waals surface area contributed by atoms with Crippen molar-refractivity contribution in [1.29, 1.82) is 0 Å². The Morgan fingerprint density at radius 3 is 2.28 bits per heavy atom. The van der Waals surface area contributed by atoms with Gasteiger partial charge in [-0.15, -0.1) is 0 Å². The largest absolute Gasteiger partial charge is 0.496 e. The summed E-state index contributed by atoms with van der Waals surface area (Å²) < 4.78 is 45.0. The van der Waals surface area contributed by atoms with Gasteiger partial charge in [0.05, 0.1) is 32.2 Å². The molecule has 0 atom stereocenters. The van der Waals surface area contributed by atoms with Gasteiger partial charge < -0.3 is 14.2 Å². The van der Waals surface area contributed by atoms with Crippen LogP contribution in [0, 0.1) is 0 Å². The molecule has 0 aliphatic carbocycles. The number of aromatic nitrogens is 3. The number of hydrogen-bond donors (Lipinski definition) is 2. The molecule has 4 aromatic rings. The number of aromatic amines is 1. The molecule has 32 heavy (non-hydrogen) atoms. The molecule has 4 rings (SSSR count). The van der Waals surface area contributed by atoms with Gasteiger partial charge in [0.25, 0.3) is 10.0 Å². The van der Waals surface area contributed by atoms with E-state index in [9.17, 15) is 8.42 Å². The number of pyridine rings is 1. The Kier molecular flexibility index (Phi) is 5.87. The zero-order valence-electron chi connectivity index (χ0n) is 17.7. The van der Waals surface area contributed by atoms with E-state index < -0.39 is 10.0 Å². The molecule has 166 valence electrons. The molecule has 2 aromatic carbocycles. The van der Waals surface area contributed by atoms with E-state index in [0.717, 1.165) is 11.3 Å². The smallest absolute Gasteiger partial charge is 0.270 e. The average molecular weight is 455 g/mol. The predicted molar refractivity (Wildman–Crippen MR) is 120 cm³/mol. The number of hydrogen-bond acceptors (Lipinski definition) is 7. The van der Waals surface area contributed by atoms with Crippen LogP contribution < -0.4 is 18.9 Å². The van der Waals surface area contributed by atoms with E-state index in [1.165, 1.54) is 21.3 Å². The summed E-state index contributed by atoms with van der Waals surface area (Å²) in [5, 5.41) is 7.57. The third-order valence-corrected chi connectivity index (χ3v) is 6.30. The van der Waals surface area contributed by atoms with Crippen LogP contribution in [0.2, 0.25) is 0 Å². The van der Waals surface area contributed by atoms with Gasteiger partial charge in [0.1, 0.15) is 17.2 Å². The molecular weight excluding hydrogens is 432 g/mol. The van der Waals surface area contributed by atoms with Crippen molar-refractivity contribution in [3.05, 3.63) is 66.0 Å². The number of benzene rings is 2. The van der Waals surface area contributed by atoms with Crippen molar-refractivity contribution >= 4 is 26.7 Å². The van der Waals surface area contributed by atoms with Crippen LogP contribution in [-0.2, 0) is 16.4 Å². The molecule has 0 aliphatic heterocycles. The fraction of sp³-hybridized carbons (Fsp3) is 0.182. The van der Waals surface area contributed by atoms with E-state index in [2.05, 4.69) is 19.9 Å². The Labute approximate surface area is 185 Å². The Hall–Kier alpha value is -3.79. The zero-order valence-corrected chi connectivity index (χ0v) is 18.6. The molecule has 9 nitrogen and oxygen atoms in total. The Balaban J connectivity index is 1.75. The minimum Gasteiger partial charge on any atom is -0.496 e. The van der Waals surface area contributed by atoms with E-state index in [1.54, 1.807) is 24.4 Å². The average Bonchev–Trinajstić information content (AvgIpc) is 3.20. The molecule has 0 bridgehead atoms. The number of sulfonamides is 1. The van der Waals surface area contributed by atoms with Crippen LogP contribution in [0.4, 0.5) is 5.82 Å². The van der Waals surface area contributed by atoms with Gasteiger partial charge in [-0.05, 0) is 42.0 Å². The van der Waals surface area contributed by atoms with Crippen LogP contribution in [-0.4, -0.2) is 44.9 Å². The van der Waals surface area contributed by atoms with Crippen LogP contribution in [0.15, 0.2) is 59.6 Å². The molecule has 2 aromatic heterocycles. The lowest BCUT2D eigenvalue weighted by Gasteiger charge is -2.14. The number of anilines is 1. The molecule has 0 radical (unpaired) electrons. The number of rotatable bonds is 8. The molecule has 0 saturated heterocycles. The molecule has 0 spiro atoms. The van der Waals surface area contributed by atoms with Crippen molar-refractivity contribution in [3.8, 4) is 17.2 Å². The molecule has 2 heterocycles. The lowest BCUT2D eigenvalue weighted by molar-refractivity contribution is 0.373. The minimum atomic E-state index is -4.09. The SMILES string of the molecule is COc1cccc(OC)c1S(=O)(=O)Nc1n[nH]c2cc(Cc3ccccn3)cc(OC)c12. The quantitative estimate of drug-likeness (QED) is 0.419. The maximum Gasteiger partial charge on any atom is 0.270 e. The van der Waals surface area contributed by atoms with Gasteiger partial charge in [0.15, 0.2) is 10.7 Å². The van der Waals surface area contributed by atoms with Gasteiger partial charge in [-0.3, -0.25) is 14.8 Å². The van der Waals surface area contributed by atoms with Crippen LogP contribution >= 0.6 is 0 Å². The van der Waals surface area contributed by atoms with Gasteiger partial charge in [0, 0.05) is 18.3 Å². The topological polar surface area (TPSA) is 115 Å². The summed E-state index contributed by atoms with van der Waals surface area (Å²) in [7, 11) is 0.215. The highest BCUT2D eigenvalue weighted by molar-refractivity contribution is 7.93. The normalized spacial score (nSPS) is 11.3. The minimum absolute atomic E-state index is 0.106. The number of fused-ring (bicyclic) bond motifs is 1. The second kappa shape index (κ2) is 8.75. The lowest BCUT2D eigenvalue weighted by atomic mass is 10.1. The van der Waals surface area contributed by atoms with E-state index >= 15 is 0 Å². The van der Waals surface area contributed by atoms with Crippen molar-refractivity contribution < 1.29 is 22.6 Å². The van der Waals surface area contributed by atoms with E-state index in [0.29, 0.717) is 23.1 Å². The van der Waals surface area contributed by atoms with Crippen molar-refractivity contribution in [2.45, 2.75) is 11.3 Å². The van der Waals surface area contributed by atoms with Crippen LogP contribution in [0.5, 0.6) is 17.2 Å². The first-order valence-electron chi connectivity index (χ1n) is 9.65.